The van der Waals surface area contributed by atoms with Gasteiger partial charge >= 0.3 is 0 Å². The van der Waals surface area contributed by atoms with E-state index in [-0.39, 0.29) is 11.8 Å². The van der Waals surface area contributed by atoms with Gasteiger partial charge in [-0.3, -0.25) is 9.69 Å². The first kappa shape index (κ1) is 19.5. The van der Waals surface area contributed by atoms with E-state index in [0.717, 1.165) is 60.5 Å². The molecule has 1 aliphatic heterocycles. The summed E-state index contributed by atoms with van der Waals surface area (Å²) < 4.78 is 0. The topological polar surface area (TPSA) is 84.1 Å². The lowest BCUT2D eigenvalue weighted by Gasteiger charge is -2.30. The van der Waals surface area contributed by atoms with Gasteiger partial charge in [-0.1, -0.05) is 18.2 Å². The Morgan fingerprint density at radius 3 is 2.70 bits per heavy atom. The van der Waals surface area contributed by atoms with Crippen LogP contribution in [0.3, 0.4) is 0 Å². The van der Waals surface area contributed by atoms with Crippen LogP contribution in [0.2, 0.25) is 0 Å². The zero-order valence-corrected chi connectivity index (χ0v) is 17.9. The molecule has 1 fully saturated rings. The van der Waals surface area contributed by atoms with E-state index < -0.39 is 0 Å². The molecular formula is C23H27N5OS. The minimum Gasteiger partial charge on any atom is -0.383 e. The first-order valence-electron chi connectivity index (χ1n) is 10.8. The number of nitrogen functional groups attached to an aromatic ring is 1. The molecule has 7 heteroatoms. The van der Waals surface area contributed by atoms with E-state index in [4.69, 9.17) is 10.7 Å². The van der Waals surface area contributed by atoms with Crippen molar-refractivity contribution in [2.24, 2.45) is 5.92 Å². The lowest BCUT2D eigenvalue weighted by Crippen LogP contribution is -2.38. The highest BCUT2D eigenvalue weighted by molar-refractivity contribution is 7.19. The van der Waals surface area contributed by atoms with Crippen molar-refractivity contribution in [3.05, 3.63) is 46.6 Å². The molecule has 0 radical (unpaired) electrons. The molecule has 0 unspecified atom stereocenters. The molecule has 1 saturated heterocycles. The number of amides is 1. The molecule has 0 spiro atoms. The second-order valence-corrected chi connectivity index (χ2v) is 9.41. The number of benzene rings is 1. The first-order chi connectivity index (χ1) is 14.7. The van der Waals surface area contributed by atoms with Crippen molar-refractivity contribution in [1.82, 2.24) is 14.9 Å². The average Bonchev–Trinajstić information content (AvgIpc) is 3.14. The van der Waals surface area contributed by atoms with Crippen molar-refractivity contribution < 1.29 is 4.79 Å². The summed E-state index contributed by atoms with van der Waals surface area (Å²) in [5, 5.41) is 4.12. The third kappa shape index (κ3) is 3.91. The number of thiophene rings is 1. The molecule has 156 valence electrons. The Morgan fingerprint density at radius 2 is 1.90 bits per heavy atom. The average molecular weight is 422 g/mol. The summed E-state index contributed by atoms with van der Waals surface area (Å²) in [6.45, 7) is 2.43. The fourth-order valence-corrected chi connectivity index (χ4v) is 5.91. The van der Waals surface area contributed by atoms with Crippen LogP contribution in [0.25, 0.3) is 10.2 Å². The first-order valence-corrected chi connectivity index (χ1v) is 11.6. The number of aromatic nitrogens is 2. The fourth-order valence-electron chi connectivity index (χ4n) is 4.62. The summed E-state index contributed by atoms with van der Waals surface area (Å²) in [7, 11) is 0. The zero-order valence-electron chi connectivity index (χ0n) is 17.1. The van der Waals surface area contributed by atoms with E-state index in [9.17, 15) is 4.79 Å². The summed E-state index contributed by atoms with van der Waals surface area (Å²) in [4.78, 5) is 26.9. The molecule has 2 aliphatic rings. The number of aryl methyl sites for hydroxylation is 2. The van der Waals surface area contributed by atoms with Gasteiger partial charge in [-0.05, 0) is 69.3 Å². The predicted molar refractivity (Wildman–Crippen MR) is 122 cm³/mol. The van der Waals surface area contributed by atoms with Crippen molar-refractivity contribution >= 4 is 39.0 Å². The van der Waals surface area contributed by atoms with Gasteiger partial charge in [0.25, 0.3) is 0 Å². The maximum atomic E-state index is 12.6. The highest BCUT2D eigenvalue weighted by atomic mass is 32.1. The summed E-state index contributed by atoms with van der Waals surface area (Å²) in [5.41, 5.74) is 8.60. The number of carbonyl (C=O) groups is 1. The van der Waals surface area contributed by atoms with Crippen LogP contribution in [0.15, 0.2) is 30.3 Å². The summed E-state index contributed by atoms with van der Waals surface area (Å²) >= 11 is 1.79. The van der Waals surface area contributed by atoms with Gasteiger partial charge in [-0.25, -0.2) is 9.97 Å². The SMILES string of the molecule is Nc1nc(CN2CCC(C(=O)Nc3ccccc3)CC2)nc2sc3c(c12)CCCC3. The number of anilines is 2. The van der Waals surface area contributed by atoms with Gasteiger partial charge in [-0.2, -0.15) is 0 Å². The van der Waals surface area contributed by atoms with Gasteiger partial charge in [0.15, 0.2) is 0 Å². The number of hydrogen-bond donors (Lipinski definition) is 2. The van der Waals surface area contributed by atoms with E-state index in [2.05, 4.69) is 15.2 Å². The van der Waals surface area contributed by atoms with Crippen LogP contribution in [0, 0.1) is 5.92 Å². The van der Waals surface area contributed by atoms with Crippen LogP contribution in [0.4, 0.5) is 11.5 Å². The standard InChI is InChI=1S/C23H27N5OS/c24-21-20-17-8-4-5-9-18(17)30-23(20)27-19(26-21)14-28-12-10-15(11-13-28)22(29)25-16-6-2-1-3-7-16/h1-3,6-7,15H,4-5,8-14H2,(H,25,29)(H2,24,26,27). The quantitative estimate of drug-likeness (QED) is 0.665. The Bertz CT molecular complexity index is 1060. The highest BCUT2D eigenvalue weighted by Gasteiger charge is 2.26. The number of para-hydroxylation sites is 1. The van der Waals surface area contributed by atoms with Crippen LogP contribution in [0.5, 0.6) is 0 Å². The Kier molecular flexibility index (Phi) is 5.39. The third-order valence-corrected chi connectivity index (χ3v) is 7.44. The number of nitrogens with one attached hydrogen (secondary N) is 1. The molecule has 2 aromatic heterocycles. The fraction of sp³-hybridized carbons (Fsp3) is 0.435. The minimum absolute atomic E-state index is 0.0546. The lowest BCUT2D eigenvalue weighted by molar-refractivity contribution is -0.121. The molecule has 3 aromatic rings. The zero-order chi connectivity index (χ0) is 20.5. The predicted octanol–water partition coefficient (Wildman–Crippen LogP) is 4.00. The van der Waals surface area contributed by atoms with Crippen molar-refractivity contribution in [1.29, 1.82) is 0 Å². The second-order valence-electron chi connectivity index (χ2n) is 8.32. The molecule has 0 saturated carbocycles. The molecule has 1 amide bonds. The van der Waals surface area contributed by atoms with E-state index in [0.29, 0.717) is 12.4 Å². The van der Waals surface area contributed by atoms with Gasteiger partial charge in [0.1, 0.15) is 16.5 Å². The number of fused-ring (bicyclic) bond motifs is 3. The van der Waals surface area contributed by atoms with Crippen LogP contribution < -0.4 is 11.1 Å². The number of carbonyl (C=O) groups excluding carboxylic acids is 1. The molecule has 0 atom stereocenters. The minimum atomic E-state index is 0.0546. The van der Waals surface area contributed by atoms with Gasteiger partial charge in [0.2, 0.25) is 5.91 Å². The van der Waals surface area contributed by atoms with Crippen molar-refractivity contribution in [3.8, 4) is 0 Å². The molecule has 3 heterocycles. The molecular weight excluding hydrogens is 394 g/mol. The molecule has 6 nitrogen and oxygen atoms in total. The monoisotopic (exact) mass is 421 g/mol. The van der Waals surface area contributed by atoms with E-state index in [1.165, 1.54) is 23.3 Å². The number of nitrogens with two attached hydrogens (primary N) is 1. The molecule has 0 bridgehead atoms. The van der Waals surface area contributed by atoms with E-state index in [1.54, 1.807) is 11.3 Å². The summed E-state index contributed by atoms with van der Waals surface area (Å²) in [5.74, 6) is 1.60. The molecule has 5 rings (SSSR count). The van der Waals surface area contributed by atoms with E-state index in [1.807, 2.05) is 30.3 Å². The van der Waals surface area contributed by atoms with Gasteiger partial charge in [0, 0.05) is 16.5 Å². The number of nitrogens with zero attached hydrogens (tertiary/aromatic N) is 3. The normalized spacial score (nSPS) is 17.7. The second kappa shape index (κ2) is 8.32. The van der Waals surface area contributed by atoms with Crippen LogP contribution in [0.1, 0.15) is 41.9 Å². The van der Waals surface area contributed by atoms with Crippen LogP contribution in [-0.4, -0.2) is 33.9 Å². The van der Waals surface area contributed by atoms with Crippen molar-refractivity contribution in [3.63, 3.8) is 0 Å². The van der Waals surface area contributed by atoms with Crippen molar-refractivity contribution in [2.75, 3.05) is 24.1 Å². The number of likely N-dealkylation sites (tertiary alicyclic amines) is 1. The Hall–Kier alpha value is -2.51. The smallest absolute Gasteiger partial charge is 0.227 e. The largest absolute Gasteiger partial charge is 0.383 e. The highest BCUT2D eigenvalue weighted by Crippen LogP contribution is 2.37. The maximum Gasteiger partial charge on any atom is 0.227 e. The van der Waals surface area contributed by atoms with Gasteiger partial charge < -0.3 is 11.1 Å². The van der Waals surface area contributed by atoms with Crippen LogP contribution >= 0.6 is 11.3 Å². The van der Waals surface area contributed by atoms with Crippen molar-refractivity contribution in [2.45, 2.75) is 45.1 Å². The Balaban J connectivity index is 1.22. The number of hydrogen-bond acceptors (Lipinski definition) is 6. The summed E-state index contributed by atoms with van der Waals surface area (Å²) in [6.07, 6.45) is 6.43. The number of rotatable bonds is 4. The summed E-state index contributed by atoms with van der Waals surface area (Å²) in [6, 6.07) is 9.67. The molecule has 3 N–H and O–H groups in total. The molecule has 1 aliphatic carbocycles. The number of piperidine rings is 1. The molecule has 1 aromatic carbocycles. The van der Waals surface area contributed by atoms with Gasteiger partial charge in [-0.15, -0.1) is 11.3 Å². The van der Waals surface area contributed by atoms with Gasteiger partial charge in [0.05, 0.1) is 11.9 Å². The third-order valence-electron chi connectivity index (χ3n) is 6.25. The van der Waals surface area contributed by atoms with E-state index >= 15 is 0 Å². The maximum absolute atomic E-state index is 12.6. The van der Waals surface area contributed by atoms with Crippen LogP contribution in [-0.2, 0) is 24.2 Å². The molecule has 30 heavy (non-hydrogen) atoms. The lowest BCUT2D eigenvalue weighted by atomic mass is 9.95. The Morgan fingerprint density at radius 1 is 1.13 bits per heavy atom. The Labute approximate surface area is 180 Å².